The molecule has 0 bridgehead atoms. The Morgan fingerprint density at radius 2 is 2.00 bits per heavy atom. The molecule has 1 aromatic carbocycles. The Hall–Kier alpha value is -2.31. The van der Waals surface area contributed by atoms with Crippen molar-refractivity contribution in [3.8, 4) is 11.5 Å². The molecule has 0 aromatic heterocycles. The van der Waals surface area contributed by atoms with Gasteiger partial charge in [0.15, 0.2) is 11.5 Å². The van der Waals surface area contributed by atoms with E-state index in [1.54, 1.807) is 0 Å². The minimum absolute atomic E-state index is 0.186. The lowest BCUT2D eigenvalue weighted by atomic mass is 10.2. The first kappa shape index (κ1) is 12.8. The molecule has 0 radical (unpaired) electrons. The summed E-state index contributed by atoms with van der Waals surface area (Å²) in [4.78, 5) is 21.1. The summed E-state index contributed by atoms with van der Waals surface area (Å²) < 4.78 is 10.0. The number of rotatable bonds is 4. The molecule has 92 valence electrons. The molecular weight excluding hydrogens is 228 g/mol. The smallest absolute Gasteiger partial charge is 0.275 e. The van der Waals surface area contributed by atoms with Crippen LogP contribution >= 0.6 is 0 Å². The predicted octanol–water partition coefficient (Wildman–Crippen LogP) is 1.57. The Kier molecular flexibility index (Phi) is 3.86. The van der Waals surface area contributed by atoms with Crippen LogP contribution in [0.25, 0.3) is 0 Å². The molecule has 0 aliphatic heterocycles. The molecule has 0 spiro atoms. The van der Waals surface area contributed by atoms with Crippen LogP contribution in [0.3, 0.4) is 0 Å². The van der Waals surface area contributed by atoms with Crippen LogP contribution in [-0.2, 0) is 4.79 Å². The number of nitro benzene ring substituents is 1. The number of benzene rings is 1. The van der Waals surface area contributed by atoms with Crippen LogP contribution in [0, 0.1) is 10.1 Å². The summed E-state index contributed by atoms with van der Waals surface area (Å²) in [5.74, 6) is 0.0737. The van der Waals surface area contributed by atoms with Crippen molar-refractivity contribution in [2.75, 3.05) is 19.5 Å². The lowest BCUT2D eigenvalue weighted by Gasteiger charge is -2.12. The fourth-order valence-corrected chi connectivity index (χ4v) is 1.34. The van der Waals surface area contributed by atoms with E-state index in [9.17, 15) is 14.9 Å². The maximum Gasteiger partial charge on any atom is 0.275 e. The number of hydrogen-bond donors (Lipinski definition) is 1. The number of nitrogens with zero attached hydrogens (tertiary/aromatic N) is 1. The van der Waals surface area contributed by atoms with E-state index >= 15 is 0 Å². The highest BCUT2D eigenvalue weighted by molar-refractivity contribution is 5.91. The fourth-order valence-electron chi connectivity index (χ4n) is 1.34. The molecule has 0 fully saturated rings. The Balaban J connectivity index is 3.36. The fraction of sp³-hybridized carbons (Fsp3) is 0.300. The molecule has 0 heterocycles. The van der Waals surface area contributed by atoms with Gasteiger partial charge >= 0.3 is 0 Å². The number of hydrogen-bond acceptors (Lipinski definition) is 5. The summed E-state index contributed by atoms with van der Waals surface area (Å²) in [6, 6.07) is 2.44. The number of nitro groups is 1. The van der Waals surface area contributed by atoms with Gasteiger partial charge in [-0.15, -0.1) is 0 Å². The second kappa shape index (κ2) is 5.15. The largest absolute Gasteiger partial charge is 0.493 e. The van der Waals surface area contributed by atoms with Gasteiger partial charge < -0.3 is 14.8 Å². The maximum absolute atomic E-state index is 11.0. The van der Waals surface area contributed by atoms with Crippen molar-refractivity contribution in [1.82, 2.24) is 0 Å². The van der Waals surface area contributed by atoms with Crippen LogP contribution in [0.2, 0.25) is 0 Å². The average Bonchev–Trinajstić information content (AvgIpc) is 2.26. The first-order chi connectivity index (χ1) is 7.99. The molecule has 0 unspecified atom stereocenters. The predicted molar refractivity (Wildman–Crippen MR) is 60.5 cm³/mol. The lowest BCUT2D eigenvalue weighted by molar-refractivity contribution is -0.384. The Bertz CT molecular complexity index is 458. The molecule has 0 saturated carbocycles. The number of methoxy groups -OCH3 is 2. The zero-order chi connectivity index (χ0) is 13.0. The third-order valence-corrected chi connectivity index (χ3v) is 1.99. The minimum atomic E-state index is -0.576. The molecule has 0 saturated heterocycles. The molecule has 0 aliphatic rings. The number of ether oxygens (including phenoxy) is 2. The Morgan fingerprint density at radius 1 is 1.35 bits per heavy atom. The van der Waals surface area contributed by atoms with Crippen molar-refractivity contribution in [2.24, 2.45) is 0 Å². The summed E-state index contributed by atoms with van der Waals surface area (Å²) in [6.07, 6.45) is 0. The molecule has 17 heavy (non-hydrogen) atoms. The summed E-state index contributed by atoms with van der Waals surface area (Å²) in [6.45, 7) is 1.30. The van der Waals surface area contributed by atoms with E-state index in [0.717, 1.165) is 0 Å². The Labute approximate surface area is 97.5 Å². The van der Waals surface area contributed by atoms with Gasteiger partial charge in [-0.05, 0) is 0 Å². The minimum Gasteiger partial charge on any atom is -0.493 e. The summed E-state index contributed by atoms with van der Waals surface area (Å²) in [7, 11) is 2.74. The SMILES string of the molecule is COc1cc([N+](=O)[O-])cc(NC(C)=O)c1OC. The van der Waals surface area contributed by atoms with Crippen LogP contribution in [0.1, 0.15) is 6.92 Å². The van der Waals surface area contributed by atoms with Gasteiger partial charge in [-0.1, -0.05) is 0 Å². The zero-order valence-electron chi connectivity index (χ0n) is 9.64. The summed E-state index contributed by atoms with van der Waals surface area (Å²) in [5, 5.41) is 13.1. The van der Waals surface area contributed by atoms with Gasteiger partial charge in [0.05, 0.1) is 30.9 Å². The molecule has 1 aromatic rings. The van der Waals surface area contributed by atoms with Crippen molar-refractivity contribution < 1.29 is 19.2 Å². The number of carbonyl (C=O) groups excluding carboxylic acids is 1. The van der Waals surface area contributed by atoms with Gasteiger partial charge in [-0.3, -0.25) is 14.9 Å². The van der Waals surface area contributed by atoms with Gasteiger partial charge in [0, 0.05) is 13.0 Å². The van der Waals surface area contributed by atoms with Crippen molar-refractivity contribution in [3.63, 3.8) is 0 Å². The highest BCUT2D eigenvalue weighted by Crippen LogP contribution is 2.38. The topological polar surface area (TPSA) is 90.7 Å². The van der Waals surface area contributed by atoms with Gasteiger partial charge in [0.1, 0.15) is 0 Å². The first-order valence-corrected chi connectivity index (χ1v) is 4.67. The lowest BCUT2D eigenvalue weighted by Crippen LogP contribution is -2.08. The van der Waals surface area contributed by atoms with Crippen molar-refractivity contribution in [1.29, 1.82) is 0 Å². The molecule has 1 N–H and O–H groups in total. The van der Waals surface area contributed by atoms with Crippen LogP contribution in [0.15, 0.2) is 12.1 Å². The van der Waals surface area contributed by atoms with Gasteiger partial charge in [0.25, 0.3) is 5.69 Å². The third kappa shape index (κ3) is 2.83. The number of non-ortho nitro benzene ring substituents is 1. The van der Waals surface area contributed by atoms with E-state index in [1.165, 1.54) is 33.3 Å². The second-order valence-electron chi connectivity index (χ2n) is 3.17. The molecule has 7 heteroatoms. The normalized spacial score (nSPS) is 9.59. The monoisotopic (exact) mass is 240 g/mol. The Morgan fingerprint density at radius 3 is 2.41 bits per heavy atom. The molecule has 1 amide bonds. The van der Waals surface area contributed by atoms with Crippen LogP contribution in [-0.4, -0.2) is 25.1 Å². The molecule has 0 atom stereocenters. The maximum atomic E-state index is 11.0. The highest BCUT2D eigenvalue weighted by Gasteiger charge is 2.18. The molecule has 0 aliphatic carbocycles. The molecule has 7 nitrogen and oxygen atoms in total. The first-order valence-electron chi connectivity index (χ1n) is 4.67. The number of amides is 1. The number of nitrogens with one attached hydrogen (secondary N) is 1. The van der Waals surface area contributed by atoms with E-state index in [0.29, 0.717) is 0 Å². The van der Waals surface area contributed by atoms with Gasteiger partial charge in [-0.2, -0.15) is 0 Å². The number of carbonyl (C=O) groups is 1. The highest BCUT2D eigenvalue weighted by atomic mass is 16.6. The number of anilines is 1. The van der Waals surface area contributed by atoms with E-state index in [2.05, 4.69) is 5.32 Å². The molecular formula is C10H12N2O5. The van der Waals surface area contributed by atoms with E-state index in [4.69, 9.17) is 9.47 Å². The standard InChI is InChI=1S/C10H12N2O5/c1-6(13)11-8-4-7(12(14)15)5-9(16-2)10(8)17-3/h4-5H,1-3H3,(H,11,13). The molecule has 1 rings (SSSR count). The average molecular weight is 240 g/mol. The van der Waals surface area contributed by atoms with Crippen LogP contribution in [0.5, 0.6) is 11.5 Å². The van der Waals surface area contributed by atoms with Gasteiger partial charge in [0.2, 0.25) is 5.91 Å². The quantitative estimate of drug-likeness (QED) is 0.637. The zero-order valence-corrected chi connectivity index (χ0v) is 9.64. The van der Waals surface area contributed by atoms with Crippen molar-refractivity contribution >= 4 is 17.3 Å². The van der Waals surface area contributed by atoms with E-state index < -0.39 is 4.92 Å². The second-order valence-corrected chi connectivity index (χ2v) is 3.17. The van der Waals surface area contributed by atoms with Crippen LogP contribution in [0.4, 0.5) is 11.4 Å². The van der Waals surface area contributed by atoms with Crippen LogP contribution < -0.4 is 14.8 Å². The van der Waals surface area contributed by atoms with E-state index in [1.807, 2.05) is 0 Å². The van der Waals surface area contributed by atoms with Crippen molar-refractivity contribution in [2.45, 2.75) is 6.92 Å². The van der Waals surface area contributed by atoms with Gasteiger partial charge in [-0.25, -0.2) is 0 Å². The summed E-state index contributed by atoms with van der Waals surface area (Å²) in [5.41, 5.74) is 0.0115. The van der Waals surface area contributed by atoms with Crippen molar-refractivity contribution in [3.05, 3.63) is 22.2 Å². The third-order valence-electron chi connectivity index (χ3n) is 1.99. The van der Waals surface area contributed by atoms with E-state index in [-0.39, 0.29) is 28.8 Å². The summed E-state index contributed by atoms with van der Waals surface area (Å²) >= 11 is 0.